The lowest BCUT2D eigenvalue weighted by atomic mass is 10.4. The van der Waals surface area contributed by atoms with Crippen LogP contribution in [0.2, 0.25) is 0 Å². The lowest BCUT2D eigenvalue weighted by Gasteiger charge is -2.03. The van der Waals surface area contributed by atoms with Gasteiger partial charge in [-0.2, -0.15) is 0 Å². The van der Waals surface area contributed by atoms with E-state index in [-0.39, 0.29) is 15.9 Å². The zero-order valence-electron chi connectivity index (χ0n) is 8.34. The monoisotopic (exact) mass is 308 g/mol. The van der Waals surface area contributed by atoms with E-state index in [1.807, 2.05) is 0 Å². The summed E-state index contributed by atoms with van der Waals surface area (Å²) in [6, 6.07) is 0. The van der Waals surface area contributed by atoms with E-state index in [9.17, 15) is 13.2 Å². The van der Waals surface area contributed by atoms with Gasteiger partial charge in [-0.25, -0.2) is 23.2 Å². The largest absolute Gasteiger partial charge is 0.476 e. The average molecular weight is 309 g/mol. The first-order chi connectivity index (χ1) is 7.38. The number of hydrogen-bond acceptors (Lipinski definition) is 5. The molecule has 0 aromatic carbocycles. The molecule has 0 bridgehead atoms. The zero-order chi connectivity index (χ0) is 12.3. The average Bonchev–Trinajstić information content (AvgIpc) is 2.17. The Labute approximate surface area is 101 Å². The Hall–Kier alpha value is -1.02. The van der Waals surface area contributed by atoms with Crippen molar-refractivity contribution < 1.29 is 18.3 Å². The van der Waals surface area contributed by atoms with Gasteiger partial charge in [-0.1, -0.05) is 6.92 Å². The number of sulfone groups is 1. The fourth-order valence-corrected chi connectivity index (χ4v) is 2.54. The van der Waals surface area contributed by atoms with Gasteiger partial charge in [0.05, 0.1) is 10.2 Å². The quantitative estimate of drug-likeness (QED) is 0.837. The van der Waals surface area contributed by atoms with Gasteiger partial charge in [0.15, 0.2) is 5.69 Å². The zero-order valence-corrected chi connectivity index (χ0v) is 10.7. The predicted octanol–water partition coefficient (Wildman–Crippen LogP) is 1.12. The molecule has 0 spiro atoms. The Morgan fingerprint density at radius 3 is 2.69 bits per heavy atom. The number of carboxylic acid groups (broad SMARTS) is 1. The first-order valence-corrected chi connectivity index (χ1v) is 6.81. The number of halogens is 1. The molecule has 16 heavy (non-hydrogen) atoms. The van der Waals surface area contributed by atoms with Crippen molar-refractivity contribution in [2.75, 3.05) is 5.75 Å². The number of aromatic nitrogens is 2. The Bertz CT molecular complexity index is 515. The molecular formula is C8H9BrN2O4S. The van der Waals surface area contributed by atoms with Gasteiger partial charge in [-0.05, 0) is 22.4 Å². The summed E-state index contributed by atoms with van der Waals surface area (Å²) in [6.45, 7) is 1.70. The molecule has 1 N–H and O–H groups in total. The molecule has 0 atom stereocenters. The summed E-state index contributed by atoms with van der Waals surface area (Å²) in [5.41, 5.74) is -0.357. The van der Waals surface area contributed by atoms with Gasteiger partial charge >= 0.3 is 5.97 Å². The van der Waals surface area contributed by atoms with Crippen LogP contribution in [-0.4, -0.2) is 35.2 Å². The van der Waals surface area contributed by atoms with Crippen molar-refractivity contribution in [1.82, 2.24) is 9.97 Å². The van der Waals surface area contributed by atoms with E-state index in [1.165, 1.54) is 0 Å². The number of carboxylic acids is 1. The van der Waals surface area contributed by atoms with Crippen LogP contribution in [0.15, 0.2) is 15.8 Å². The summed E-state index contributed by atoms with van der Waals surface area (Å²) < 4.78 is 23.3. The minimum atomic E-state index is -3.59. The van der Waals surface area contributed by atoms with Gasteiger partial charge in [0.25, 0.3) is 0 Å². The Morgan fingerprint density at radius 2 is 2.19 bits per heavy atom. The minimum Gasteiger partial charge on any atom is -0.476 e. The van der Waals surface area contributed by atoms with Gasteiger partial charge in [0.1, 0.15) is 0 Å². The fraction of sp³-hybridized carbons (Fsp3) is 0.375. The van der Waals surface area contributed by atoms with Gasteiger partial charge in [0, 0.05) is 6.20 Å². The van der Waals surface area contributed by atoms with Crippen molar-refractivity contribution in [2.24, 2.45) is 0 Å². The smallest absolute Gasteiger partial charge is 0.355 e. The highest BCUT2D eigenvalue weighted by Crippen LogP contribution is 2.16. The van der Waals surface area contributed by atoms with Gasteiger partial charge in [-0.15, -0.1) is 0 Å². The SMILES string of the molecule is CCCS(=O)(=O)c1ncc(Br)c(C(=O)O)n1. The standard InChI is InChI=1S/C8H9BrN2O4S/c1-2-3-16(14,15)8-10-4-5(9)6(11-8)7(12)13/h4H,2-3H2,1H3,(H,12,13). The van der Waals surface area contributed by atoms with Crippen LogP contribution < -0.4 is 0 Å². The van der Waals surface area contributed by atoms with Crippen LogP contribution in [0.1, 0.15) is 23.8 Å². The first-order valence-electron chi connectivity index (χ1n) is 4.37. The maximum absolute atomic E-state index is 11.6. The molecule has 0 fully saturated rings. The summed E-state index contributed by atoms with van der Waals surface area (Å²) in [5.74, 6) is -1.41. The van der Waals surface area contributed by atoms with Crippen LogP contribution in [-0.2, 0) is 9.84 Å². The molecular weight excluding hydrogens is 300 g/mol. The molecule has 1 aromatic rings. The molecule has 1 rings (SSSR count). The summed E-state index contributed by atoms with van der Waals surface area (Å²) >= 11 is 2.94. The first kappa shape index (κ1) is 13.0. The minimum absolute atomic E-state index is 0.103. The summed E-state index contributed by atoms with van der Waals surface area (Å²) in [4.78, 5) is 17.9. The second-order valence-electron chi connectivity index (χ2n) is 2.97. The Morgan fingerprint density at radius 1 is 1.56 bits per heavy atom. The molecule has 0 saturated heterocycles. The van der Waals surface area contributed by atoms with Crippen LogP contribution in [0.3, 0.4) is 0 Å². The van der Waals surface area contributed by atoms with E-state index in [1.54, 1.807) is 6.92 Å². The van der Waals surface area contributed by atoms with Crippen molar-refractivity contribution >= 4 is 31.7 Å². The molecule has 6 nitrogen and oxygen atoms in total. The summed E-state index contributed by atoms with van der Waals surface area (Å²) in [6.07, 6.45) is 1.54. The predicted molar refractivity (Wildman–Crippen MR) is 59.0 cm³/mol. The third kappa shape index (κ3) is 2.76. The van der Waals surface area contributed by atoms with Crippen molar-refractivity contribution in [2.45, 2.75) is 18.5 Å². The van der Waals surface area contributed by atoms with E-state index in [0.717, 1.165) is 6.20 Å². The number of aromatic carboxylic acids is 1. The fourth-order valence-electron chi connectivity index (χ4n) is 1.01. The second kappa shape index (κ2) is 4.88. The summed E-state index contributed by atoms with van der Waals surface area (Å²) in [5, 5.41) is 8.32. The molecule has 88 valence electrons. The summed E-state index contributed by atoms with van der Waals surface area (Å²) in [7, 11) is -3.59. The molecule has 0 saturated carbocycles. The van der Waals surface area contributed by atoms with Crippen LogP contribution in [0.4, 0.5) is 0 Å². The lowest BCUT2D eigenvalue weighted by Crippen LogP contribution is -2.13. The highest BCUT2D eigenvalue weighted by Gasteiger charge is 2.20. The molecule has 0 amide bonds. The van der Waals surface area contributed by atoms with Crippen LogP contribution in [0, 0.1) is 0 Å². The maximum Gasteiger partial charge on any atom is 0.355 e. The van der Waals surface area contributed by atoms with Gasteiger partial charge in [0.2, 0.25) is 15.0 Å². The van der Waals surface area contributed by atoms with Crippen LogP contribution >= 0.6 is 15.9 Å². The van der Waals surface area contributed by atoms with Crippen LogP contribution in [0.25, 0.3) is 0 Å². The number of carbonyl (C=O) groups is 1. The van der Waals surface area contributed by atoms with Crippen molar-refractivity contribution in [1.29, 1.82) is 0 Å². The third-order valence-electron chi connectivity index (χ3n) is 1.68. The normalized spacial score (nSPS) is 11.4. The Balaban J connectivity index is 3.28. The lowest BCUT2D eigenvalue weighted by molar-refractivity contribution is 0.0688. The molecule has 0 aliphatic heterocycles. The molecule has 1 heterocycles. The Kier molecular flexibility index (Phi) is 3.98. The van der Waals surface area contributed by atoms with E-state index in [2.05, 4.69) is 25.9 Å². The molecule has 0 aliphatic carbocycles. The number of rotatable bonds is 4. The molecule has 0 radical (unpaired) electrons. The van der Waals surface area contributed by atoms with E-state index >= 15 is 0 Å². The topological polar surface area (TPSA) is 97.2 Å². The van der Waals surface area contributed by atoms with E-state index < -0.39 is 21.0 Å². The van der Waals surface area contributed by atoms with Crippen molar-refractivity contribution in [3.8, 4) is 0 Å². The van der Waals surface area contributed by atoms with Crippen molar-refractivity contribution in [3.63, 3.8) is 0 Å². The third-order valence-corrected chi connectivity index (χ3v) is 3.95. The van der Waals surface area contributed by atoms with Gasteiger partial charge < -0.3 is 5.11 Å². The van der Waals surface area contributed by atoms with Crippen LogP contribution in [0.5, 0.6) is 0 Å². The second-order valence-corrected chi connectivity index (χ2v) is 5.83. The number of hydrogen-bond donors (Lipinski definition) is 1. The number of nitrogens with zero attached hydrogens (tertiary/aromatic N) is 2. The maximum atomic E-state index is 11.6. The highest BCUT2D eigenvalue weighted by molar-refractivity contribution is 9.10. The van der Waals surface area contributed by atoms with Gasteiger partial charge in [-0.3, -0.25) is 0 Å². The molecule has 1 aromatic heterocycles. The van der Waals surface area contributed by atoms with E-state index in [4.69, 9.17) is 5.11 Å². The molecule has 8 heteroatoms. The highest BCUT2D eigenvalue weighted by atomic mass is 79.9. The molecule has 0 unspecified atom stereocenters. The molecule has 0 aliphatic rings. The van der Waals surface area contributed by atoms with Crippen molar-refractivity contribution in [3.05, 3.63) is 16.4 Å². The van der Waals surface area contributed by atoms with E-state index in [0.29, 0.717) is 6.42 Å².